The molecule has 7 nitrogen and oxygen atoms in total. The van der Waals surface area contributed by atoms with Gasteiger partial charge in [-0.2, -0.15) is 5.10 Å². The molecule has 1 aromatic heterocycles. The fourth-order valence-electron chi connectivity index (χ4n) is 4.86. The first-order valence-electron chi connectivity index (χ1n) is 12.3. The molecule has 1 N–H and O–H groups in total. The van der Waals surface area contributed by atoms with Gasteiger partial charge in [0, 0.05) is 42.3 Å². The molecule has 2 aliphatic rings. The number of carbonyl (C=O) groups excluding carboxylic acids is 1. The van der Waals surface area contributed by atoms with Crippen LogP contribution in [0.15, 0.2) is 48.5 Å². The first-order chi connectivity index (χ1) is 17.2. The number of fused-ring (bicyclic) bond motifs is 1. The second-order valence-corrected chi connectivity index (χ2v) is 9.43. The Morgan fingerprint density at radius 2 is 1.83 bits per heavy atom. The van der Waals surface area contributed by atoms with E-state index < -0.39 is 0 Å². The highest BCUT2D eigenvalue weighted by molar-refractivity contribution is 6.30. The maximum absolute atomic E-state index is 13.5. The number of hydrogen-bond donors (Lipinski definition) is 1. The van der Waals surface area contributed by atoms with Crippen molar-refractivity contribution in [2.24, 2.45) is 0 Å². The number of rotatable bonds is 9. The minimum absolute atomic E-state index is 0.00833. The number of nitrogens with one attached hydrogen (secondary N) is 1. The molecule has 5 rings (SSSR count). The molecule has 1 amide bonds. The summed E-state index contributed by atoms with van der Waals surface area (Å²) >= 11 is 6.12. The first-order valence-corrected chi connectivity index (χ1v) is 12.7. The molecule has 1 atom stereocenters. The Morgan fingerprint density at radius 1 is 1.09 bits per heavy atom. The van der Waals surface area contributed by atoms with Gasteiger partial charge in [-0.15, -0.1) is 0 Å². The lowest BCUT2D eigenvalue weighted by molar-refractivity contribution is 0.0354. The van der Waals surface area contributed by atoms with Crippen molar-refractivity contribution in [3.63, 3.8) is 0 Å². The van der Waals surface area contributed by atoms with E-state index in [1.54, 1.807) is 0 Å². The lowest BCUT2D eigenvalue weighted by Gasteiger charge is -2.29. The quantitative estimate of drug-likeness (QED) is 0.463. The minimum atomic E-state index is -0.216. The van der Waals surface area contributed by atoms with E-state index in [1.807, 2.05) is 41.3 Å². The summed E-state index contributed by atoms with van der Waals surface area (Å²) in [5.74, 6) is 0.829. The van der Waals surface area contributed by atoms with Crippen LogP contribution in [0.2, 0.25) is 5.02 Å². The van der Waals surface area contributed by atoms with Crippen molar-refractivity contribution in [2.45, 2.75) is 25.8 Å². The van der Waals surface area contributed by atoms with E-state index in [0.717, 1.165) is 73.8 Å². The van der Waals surface area contributed by atoms with Crippen LogP contribution >= 0.6 is 11.6 Å². The number of H-pyrrole nitrogens is 1. The molecule has 8 heteroatoms. The number of aromatic amines is 1. The van der Waals surface area contributed by atoms with Crippen LogP contribution in [-0.2, 0) is 4.74 Å². The number of nitrogens with zero attached hydrogens (tertiary/aromatic N) is 3. The SMILES string of the molecule is CCCOc1ccc(C2c3c(-c4ccc(Cl)cc4)n[nH]c3C(=O)N2CCCN2CCOCC2)cc1. The summed E-state index contributed by atoms with van der Waals surface area (Å²) in [5, 5.41) is 8.25. The Labute approximate surface area is 211 Å². The molecule has 184 valence electrons. The maximum atomic E-state index is 13.5. The third-order valence-electron chi connectivity index (χ3n) is 6.63. The number of halogens is 1. The summed E-state index contributed by atoms with van der Waals surface area (Å²) in [4.78, 5) is 17.9. The Kier molecular flexibility index (Phi) is 7.37. The molecule has 2 aromatic carbocycles. The van der Waals surface area contributed by atoms with Crippen LogP contribution in [0.5, 0.6) is 5.75 Å². The van der Waals surface area contributed by atoms with Gasteiger partial charge in [-0.1, -0.05) is 42.8 Å². The number of carbonyl (C=O) groups is 1. The summed E-state index contributed by atoms with van der Waals surface area (Å²) in [6.07, 6.45) is 1.85. The van der Waals surface area contributed by atoms with Crippen LogP contribution in [0.3, 0.4) is 0 Å². The minimum Gasteiger partial charge on any atom is -0.494 e. The predicted octanol–water partition coefficient (Wildman–Crippen LogP) is 4.79. The molecule has 35 heavy (non-hydrogen) atoms. The highest BCUT2D eigenvalue weighted by Gasteiger charge is 2.41. The van der Waals surface area contributed by atoms with Crippen LogP contribution in [0.25, 0.3) is 11.3 Å². The van der Waals surface area contributed by atoms with Crippen molar-refractivity contribution >= 4 is 17.5 Å². The van der Waals surface area contributed by atoms with Gasteiger partial charge < -0.3 is 14.4 Å². The molecule has 1 saturated heterocycles. The Bertz CT molecular complexity index is 1140. The molecule has 0 bridgehead atoms. The van der Waals surface area contributed by atoms with Crippen molar-refractivity contribution in [3.05, 3.63) is 70.4 Å². The van der Waals surface area contributed by atoms with Gasteiger partial charge in [0.1, 0.15) is 11.4 Å². The Hall–Kier alpha value is -2.87. The zero-order valence-corrected chi connectivity index (χ0v) is 20.8. The van der Waals surface area contributed by atoms with Gasteiger partial charge in [0.15, 0.2) is 0 Å². The number of benzene rings is 2. The zero-order valence-electron chi connectivity index (χ0n) is 20.0. The highest BCUT2D eigenvalue weighted by atomic mass is 35.5. The van der Waals surface area contributed by atoms with Crippen LogP contribution in [0, 0.1) is 0 Å². The molecule has 0 aliphatic carbocycles. The average Bonchev–Trinajstić information content (AvgIpc) is 3.43. The fraction of sp³-hybridized carbons (Fsp3) is 0.407. The molecule has 0 saturated carbocycles. The summed E-state index contributed by atoms with van der Waals surface area (Å²) < 4.78 is 11.2. The van der Waals surface area contributed by atoms with Gasteiger partial charge >= 0.3 is 0 Å². The maximum Gasteiger partial charge on any atom is 0.273 e. The molecule has 3 heterocycles. The van der Waals surface area contributed by atoms with Crippen LogP contribution in [-0.4, -0.2) is 71.9 Å². The van der Waals surface area contributed by atoms with Gasteiger partial charge in [0.2, 0.25) is 0 Å². The molecule has 0 spiro atoms. The number of morpholine rings is 1. The van der Waals surface area contributed by atoms with Gasteiger partial charge in [-0.05, 0) is 42.7 Å². The molecule has 3 aromatic rings. The smallest absolute Gasteiger partial charge is 0.273 e. The number of hydrogen-bond acceptors (Lipinski definition) is 5. The summed E-state index contributed by atoms with van der Waals surface area (Å²) in [7, 11) is 0. The fourth-order valence-corrected chi connectivity index (χ4v) is 4.98. The normalized spacial score (nSPS) is 18.2. The summed E-state index contributed by atoms with van der Waals surface area (Å²) in [6.45, 7) is 7.82. The lowest BCUT2D eigenvalue weighted by Crippen LogP contribution is -2.38. The van der Waals surface area contributed by atoms with E-state index in [9.17, 15) is 4.79 Å². The number of aromatic nitrogens is 2. The average molecular weight is 495 g/mol. The van der Waals surface area contributed by atoms with Gasteiger partial charge in [-0.3, -0.25) is 14.8 Å². The van der Waals surface area contributed by atoms with Crippen molar-refractivity contribution in [1.82, 2.24) is 20.0 Å². The molecule has 2 aliphatic heterocycles. The lowest BCUT2D eigenvalue weighted by atomic mass is 9.96. The van der Waals surface area contributed by atoms with E-state index in [0.29, 0.717) is 23.9 Å². The van der Waals surface area contributed by atoms with Crippen LogP contribution in [0.1, 0.15) is 47.4 Å². The standard InChI is InChI=1S/C27H31ClN4O3/c1-2-16-35-22-10-6-20(7-11-22)26-23-24(19-4-8-21(28)9-5-19)29-30-25(23)27(33)32(26)13-3-12-31-14-17-34-18-15-31/h4-11,26H,2-3,12-18H2,1H3,(H,29,30). The topological polar surface area (TPSA) is 70.7 Å². The third-order valence-corrected chi connectivity index (χ3v) is 6.88. The molecule has 1 fully saturated rings. The van der Waals surface area contributed by atoms with Crippen molar-refractivity contribution < 1.29 is 14.3 Å². The van der Waals surface area contributed by atoms with Crippen LogP contribution in [0.4, 0.5) is 0 Å². The number of amides is 1. The summed E-state index contributed by atoms with van der Waals surface area (Å²) in [5.41, 5.74) is 4.26. The van der Waals surface area contributed by atoms with Crippen molar-refractivity contribution in [2.75, 3.05) is 46.0 Å². The largest absolute Gasteiger partial charge is 0.494 e. The first kappa shape index (κ1) is 23.9. The van der Waals surface area contributed by atoms with Gasteiger partial charge in [0.25, 0.3) is 5.91 Å². The van der Waals surface area contributed by atoms with E-state index in [4.69, 9.17) is 21.1 Å². The third kappa shape index (κ3) is 5.08. The molecular formula is C27H31ClN4O3. The highest BCUT2D eigenvalue weighted by Crippen LogP contribution is 2.43. The van der Waals surface area contributed by atoms with Gasteiger partial charge in [0.05, 0.1) is 31.6 Å². The predicted molar refractivity (Wildman–Crippen MR) is 136 cm³/mol. The number of ether oxygens (including phenoxy) is 2. The second-order valence-electron chi connectivity index (χ2n) is 8.99. The Balaban J connectivity index is 1.44. The molecule has 0 radical (unpaired) electrons. The monoisotopic (exact) mass is 494 g/mol. The summed E-state index contributed by atoms with van der Waals surface area (Å²) in [6, 6.07) is 15.5. The second kappa shape index (κ2) is 10.8. The van der Waals surface area contributed by atoms with Gasteiger partial charge in [-0.25, -0.2) is 0 Å². The van der Waals surface area contributed by atoms with E-state index in [-0.39, 0.29) is 11.9 Å². The van der Waals surface area contributed by atoms with Crippen molar-refractivity contribution in [1.29, 1.82) is 0 Å². The molecule has 1 unspecified atom stereocenters. The zero-order chi connectivity index (χ0) is 24.2. The van der Waals surface area contributed by atoms with Crippen LogP contribution < -0.4 is 4.74 Å². The molecular weight excluding hydrogens is 464 g/mol. The van der Waals surface area contributed by atoms with E-state index >= 15 is 0 Å². The Morgan fingerprint density at radius 3 is 2.54 bits per heavy atom. The van der Waals surface area contributed by atoms with E-state index in [2.05, 4.69) is 34.2 Å². The van der Waals surface area contributed by atoms with Crippen molar-refractivity contribution in [3.8, 4) is 17.0 Å². The van der Waals surface area contributed by atoms with E-state index in [1.165, 1.54) is 0 Å².